The SMILES string of the molecule is COc1ccc(CSc2nc(SC)nc(NCc3ccc(Cl)cc3)c2C(=O)O)cc1. The van der Waals surface area contributed by atoms with Gasteiger partial charge in [0.2, 0.25) is 0 Å². The van der Waals surface area contributed by atoms with Crippen LogP contribution < -0.4 is 10.1 Å². The first-order valence-corrected chi connectivity index (χ1v) is 11.5. The molecule has 0 fully saturated rings. The van der Waals surface area contributed by atoms with Crippen LogP contribution in [0.4, 0.5) is 5.82 Å². The number of thioether (sulfide) groups is 2. The third kappa shape index (κ3) is 5.81. The van der Waals surface area contributed by atoms with Crippen molar-refractivity contribution in [3.8, 4) is 5.75 Å². The molecule has 1 aromatic heterocycles. The number of methoxy groups -OCH3 is 1. The van der Waals surface area contributed by atoms with E-state index in [1.165, 1.54) is 23.5 Å². The van der Waals surface area contributed by atoms with Crippen LogP contribution >= 0.6 is 35.1 Å². The number of aromatic carboxylic acids is 1. The Kier molecular flexibility index (Phi) is 7.84. The monoisotopic (exact) mass is 461 g/mol. The van der Waals surface area contributed by atoms with Gasteiger partial charge >= 0.3 is 5.97 Å². The van der Waals surface area contributed by atoms with Crippen molar-refractivity contribution in [3.05, 3.63) is 70.2 Å². The quantitative estimate of drug-likeness (QED) is 0.247. The van der Waals surface area contributed by atoms with E-state index in [1.54, 1.807) is 19.2 Å². The molecule has 2 N–H and O–H groups in total. The summed E-state index contributed by atoms with van der Waals surface area (Å²) < 4.78 is 5.17. The minimum Gasteiger partial charge on any atom is -0.497 e. The molecule has 6 nitrogen and oxygen atoms in total. The minimum absolute atomic E-state index is 0.0697. The van der Waals surface area contributed by atoms with Crippen molar-refractivity contribution in [2.24, 2.45) is 0 Å². The number of carboxylic acid groups (broad SMARTS) is 1. The summed E-state index contributed by atoms with van der Waals surface area (Å²) in [5, 5.41) is 14.6. The summed E-state index contributed by atoms with van der Waals surface area (Å²) >= 11 is 8.66. The van der Waals surface area contributed by atoms with Gasteiger partial charge in [-0.2, -0.15) is 0 Å². The normalized spacial score (nSPS) is 10.6. The smallest absolute Gasteiger partial charge is 0.342 e. The summed E-state index contributed by atoms with van der Waals surface area (Å²) in [6, 6.07) is 15.0. The number of hydrogen-bond donors (Lipinski definition) is 2. The zero-order chi connectivity index (χ0) is 21.5. The van der Waals surface area contributed by atoms with Crippen molar-refractivity contribution in [3.63, 3.8) is 0 Å². The number of nitrogens with one attached hydrogen (secondary N) is 1. The highest BCUT2D eigenvalue weighted by Crippen LogP contribution is 2.31. The first kappa shape index (κ1) is 22.3. The fourth-order valence-electron chi connectivity index (χ4n) is 2.60. The molecule has 0 aliphatic carbocycles. The first-order chi connectivity index (χ1) is 14.5. The van der Waals surface area contributed by atoms with Crippen molar-refractivity contribution >= 4 is 46.9 Å². The second kappa shape index (κ2) is 10.6. The number of rotatable bonds is 9. The lowest BCUT2D eigenvalue weighted by atomic mass is 10.2. The molecule has 30 heavy (non-hydrogen) atoms. The third-order valence-corrected chi connectivity index (χ3v) is 6.01. The molecule has 3 rings (SSSR count). The average Bonchev–Trinajstić information content (AvgIpc) is 2.77. The topological polar surface area (TPSA) is 84.3 Å². The van der Waals surface area contributed by atoms with Gasteiger partial charge in [0.05, 0.1) is 7.11 Å². The molecule has 0 aliphatic rings. The molecule has 0 unspecified atom stereocenters. The van der Waals surface area contributed by atoms with E-state index < -0.39 is 5.97 Å². The van der Waals surface area contributed by atoms with E-state index in [0.717, 1.165) is 16.9 Å². The van der Waals surface area contributed by atoms with Gasteiger partial charge in [-0.25, -0.2) is 14.8 Å². The Morgan fingerprint density at radius 3 is 2.37 bits per heavy atom. The van der Waals surface area contributed by atoms with E-state index in [4.69, 9.17) is 16.3 Å². The molecule has 156 valence electrons. The highest BCUT2D eigenvalue weighted by molar-refractivity contribution is 7.99. The summed E-state index contributed by atoms with van der Waals surface area (Å²) in [6.07, 6.45) is 1.86. The van der Waals surface area contributed by atoms with E-state index in [-0.39, 0.29) is 5.56 Å². The minimum atomic E-state index is -1.07. The summed E-state index contributed by atoms with van der Waals surface area (Å²) in [7, 11) is 1.62. The summed E-state index contributed by atoms with van der Waals surface area (Å²) in [5.41, 5.74) is 2.07. The lowest BCUT2D eigenvalue weighted by Crippen LogP contribution is -2.12. The number of aromatic nitrogens is 2. The average molecular weight is 462 g/mol. The number of ether oxygens (including phenoxy) is 1. The summed E-state index contributed by atoms with van der Waals surface area (Å²) in [6.45, 7) is 0.421. The van der Waals surface area contributed by atoms with Gasteiger partial charge in [-0.3, -0.25) is 0 Å². The highest BCUT2D eigenvalue weighted by Gasteiger charge is 2.21. The Bertz CT molecular complexity index is 1020. The molecule has 0 radical (unpaired) electrons. The maximum absolute atomic E-state index is 12.0. The Morgan fingerprint density at radius 2 is 1.77 bits per heavy atom. The van der Waals surface area contributed by atoms with Gasteiger partial charge in [0.1, 0.15) is 22.2 Å². The van der Waals surface area contributed by atoms with Gasteiger partial charge in [-0.1, -0.05) is 47.6 Å². The van der Waals surface area contributed by atoms with Gasteiger partial charge in [-0.05, 0) is 41.6 Å². The van der Waals surface area contributed by atoms with E-state index in [1.807, 2.05) is 42.7 Å². The van der Waals surface area contributed by atoms with Crippen LogP contribution in [-0.2, 0) is 12.3 Å². The van der Waals surface area contributed by atoms with Crippen LogP contribution in [0, 0.1) is 0 Å². The fraction of sp³-hybridized carbons (Fsp3) is 0.190. The molecular weight excluding hydrogens is 442 g/mol. The molecule has 0 amide bonds. The van der Waals surface area contributed by atoms with Crippen molar-refractivity contribution < 1.29 is 14.6 Å². The van der Waals surface area contributed by atoms with Crippen LogP contribution in [0.3, 0.4) is 0 Å². The third-order valence-electron chi connectivity index (χ3n) is 4.16. The predicted molar refractivity (Wildman–Crippen MR) is 122 cm³/mol. The molecule has 9 heteroatoms. The molecule has 0 aliphatic heterocycles. The maximum Gasteiger partial charge on any atom is 0.342 e. The Morgan fingerprint density at radius 1 is 1.10 bits per heavy atom. The number of halogens is 1. The zero-order valence-electron chi connectivity index (χ0n) is 16.4. The van der Waals surface area contributed by atoms with Crippen LogP contribution in [-0.4, -0.2) is 34.4 Å². The Balaban J connectivity index is 1.84. The van der Waals surface area contributed by atoms with Gasteiger partial charge in [0, 0.05) is 17.3 Å². The molecule has 2 aromatic carbocycles. The lowest BCUT2D eigenvalue weighted by molar-refractivity contribution is 0.0692. The van der Waals surface area contributed by atoms with E-state index in [2.05, 4.69) is 15.3 Å². The first-order valence-electron chi connectivity index (χ1n) is 8.93. The number of benzene rings is 2. The van der Waals surface area contributed by atoms with E-state index in [9.17, 15) is 9.90 Å². The van der Waals surface area contributed by atoms with Crippen molar-refractivity contribution in [2.75, 3.05) is 18.7 Å². The molecule has 0 atom stereocenters. The van der Waals surface area contributed by atoms with Crippen LogP contribution in [0.1, 0.15) is 21.5 Å². The molecule has 0 bridgehead atoms. The summed E-state index contributed by atoms with van der Waals surface area (Å²) in [4.78, 5) is 20.8. The number of carbonyl (C=O) groups is 1. The molecule has 1 heterocycles. The molecule has 0 saturated heterocycles. The fourth-order valence-corrected chi connectivity index (χ4v) is 4.12. The maximum atomic E-state index is 12.0. The summed E-state index contributed by atoms with van der Waals surface area (Å²) in [5.74, 6) is 0.578. The highest BCUT2D eigenvalue weighted by atomic mass is 35.5. The van der Waals surface area contributed by atoms with E-state index in [0.29, 0.717) is 33.3 Å². The van der Waals surface area contributed by atoms with Gasteiger partial charge in [0.25, 0.3) is 0 Å². The lowest BCUT2D eigenvalue weighted by Gasteiger charge is -2.13. The Labute approximate surface area is 188 Å². The molecule has 0 spiro atoms. The van der Waals surface area contributed by atoms with Gasteiger partial charge in [0.15, 0.2) is 5.16 Å². The number of carboxylic acids is 1. The van der Waals surface area contributed by atoms with Crippen LogP contribution in [0.25, 0.3) is 0 Å². The zero-order valence-corrected chi connectivity index (χ0v) is 18.8. The van der Waals surface area contributed by atoms with Crippen molar-refractivity contribution in [2.45, 2.75) is 22.5 Å². The van der Waals surface area contributed by atoms with Crippen LogP contribution in [0.15, 0.2) is 58.7 Å². The van der Waals surface area contributed by atoms with Gasteiger partial charge < -0.3 is 15.2 Å². The molecule has 0 saturated carbocycles. The molecule has 3 aromatic rings. The number of hydrogen-bond acceptors (Lipinski definition) is 7. The van der Waals surface area contributed by atoms with Crippen LogP contribution in [0.5, 0.6) is 5.75 Å². The predicted octanol–water partition coefficient (Wildman–Crippen LogP) is 5.46. The van der Waals surface area contributed by atoms with E-state index >= 15 is 0 Å². The van der Waals surface area contributed by atoms with Gasteiger partial charge in [-0.15, -0.1) is 11.8 Å². The standard InChI is InChI=1S/C21H20ClN3O3S2/c1-28-16-9-5-14(6-10-16)12-30-19-17(20(26)27)18(24-21(25-19)29-2)23-11-13-3-7-15(22)8-4-13/h3-10H,11-12H2,1-2H3,(H,26,27)(H,23,24,25). The van der Waals surface area contributed by atoms with Crippen molar-refractivity contribution in [1.82, 2.24) is 9.97 Å². The number of nitrogens with zero attached hydrogens (tertiary/aromatic N) is 2. The number of anilines is 1. The second-order valence-corrected chi connectivity index (χ2v) is 8.33. The molecular formula is C21H20ClN3O3S2. The second-order valence-electron chi connectivity index (χ2n) is 6.16. The van der Waals surface area contributed by atoms with Crippen LogP contribution in [0.2, 0.25) is 5.02 Å². The largest absolute Gasteiger partial charge is 0.497 e. The Hall–Kier alpha value is -2.42. The van der Waals surface area contributed by atoms with Crippen molar-refractivity contribution in [1.29, 1.82) is 0 Å².